The van der Waals surface area contributed by atoms with Gasteiger partial charge in [0.1, 0.15) is 6.04 Å². The lowest BCUT2D eigenvalue weighted by molar-refractivity contribution is -0.121. The molecule has 1 fully saturated rings. The highest BCUT2D eigenvalue weighted by molar-refractivity contribution is 6.00. The highest BCUT2D eigenvalue weighted by Crippen LogP contribution is 2.25. The van der Waals surface area contributed by atoms with Crippen LogP contribution in [0.4, 0.5) is 4.79 Å². The Morgan fingerprint density at radius 3 is 2.95 bits per heavy atom. The zero-order valence-electron chi connectivity index (χ0n) is 10.2. The molecular weight excluding hydrogens is 250 g/mol. The molecule has 0 aromatic heterocycles. The number of phenolic OH excluding ortho intramolecular Hbond substituents is 1. The van der Waals surface area contributed by atoms with E-state index in [2.05, 4.69) is 15.6 Å². The number of carbonyl (C=O) groups is 2. The van der Waals surface area contributed by atoms with Crippen molar-refractivity contribution in [2.75, 3.05) is 13.7 Å². The molecule has 2 rings (SSSR count). The second-order valence-corrected chi connectivity index (χ2v) is 3.92. The van der Waals surface area contributed by atoms with Crippen molar-refractivity contribution < 1.29 is 19.4 Å². The molecule has 1 heterocycles. The number of aliphatic imine (C=N–C) groups is 1. The van der Waals surface area contributed by atoms with E-state index < -0.39 is 18.0 Å². The van der Waals surface area contributed by atoms with Crippen LogP contribution in [0.1, 0.15) is 5.56 Å². The first-order valence-electron chi connectivity index (χ1n) is 5.59. The molecule has 1 saturated heterocycles. The molecule has 0 spiro atoms. The standard InChI is InChI=1S/C12H13N3O4/c1-19-10-4-7(2-3-9(10)16)5-13-8-6-14-12(18)15-11(8)17/h2-5,8,16H,6H2,1H3,(H2,14,15,17,18). The third kappa shape index (κ3) is 3.01. The fraction of sp³-hybridized carbons (Fsp3) is 0.250. The third-order valence-electron chi connectivity index (χ3n) is 2.60. The summed E-state index contributed by atoms with van der Waals surface area (Å²) in [5.41, 5.74) is 0.680. The van der Waals surface area contributed by atoms with Crippen LogP contribution >= 0.6 is 0 Å². The van der Waals surface area contributed by atoms with Crippen LogP contribution < -0.4 is 15.4 Å². The number of nitrogens with zero attached hydrogens (tertiary/aromatic N) is 1. The minimum Gasteiger partial charge on any atom is -0.504 e. The van der Waals surface area contributed by atoms with Crippen LogP contribution in [0.25, 0.3) is 0 Å². The van der Waals surface area contributed by atoms with Crippen molar-refractivity contribution in [2.45, 2.75) is 6.04 Å². The number of rotatable bonds is 3. The Morgan fingerprint density at radius 1 is 1.47 bits per heavy atom. The molecule has 1 aromatic rings. The maximum absolute atomic E-state index is 11.5. The minimum absolute atomic E-state index is 0.0299. The first-order valence-corrected chi connectivity index (χ1v) is 5.59. The van der Waals surface area contributed by atoms with Crippen LogP contribution in [0, 0.1) is 0 Å². The van der Waals surface area contributed by atoms with Crippen molar-refractivity contribution in [1.82, 2.24) is 10.6 Å². The van der Waals surface area contributed by atoms with E-state index in [1.165, 1.54) is 19.4 Å². The summed E-state index contributed by atoms with van der Waals surface area (Å²) in [5, 5.41) is 14.1. The van der Waals surface area contributed by atoms with Crippen molar-refractivity contribution in [3.05, 3.63) is 23.8 Å². The van der Waals surface area contributed by atoms with E-state index in [9.17, 15) is 14.7 Å². The normalized spacial score (nSPS) is 19.1. The predicted octanol–water partition coefficient (Wildman–Crippen LogP) is 0.0277. The Bertz CT molecular complexity index is 542. The van der Waals surface area contributed by atoms with E-state index in [-0.39, 0.29) is 12.3 Å². The van der Waals surface area contributed by atoms with Crippen LogP contribution in [-0.2, 0) is 4.79 Å². The van der Waals surface area contributed by atoms with Gasteiger partial charge in [-0.1, -0.05) is 0 Å². The van der Waals surface area contributed by atoms with Gasteiger partial charge in [-0.05, 0) is 23.8 Å². The molecule has 1 aromatic carbocycles. The molecule has 7 heteroatoms. The monoisotopic (exact) mass is 263 g/mol. The number of benzene rings is 1. The SMILES string of the molecule is COc1cc(C=NC2CNC(=O)NC2=O)ccc1O. The Hall–Kier alpha value is -2.57. The van der Waals surface area contributed by atoms with Crippen LogP contribution in [0.5, 0.6) is 11.5 Å². The second kappa shape index (κ2) is 5.38. The first kappa shape index (κ1) is 12.9. The molecule has 1 atom stereocenters. The van der Waals surface area contributed by atoms with E-state index in [4.69, 9.17) is 4.74 Å². The predicted molar refractivity (Wildman–Crippen MR) is 67.6 cm³/mol. The van der Waals surface area contributed by atoms with Gasteiger partial charge in [-0.25, -0.2) is 4.79 Å². The fourth-order valence-corrected chi connectivity index (χ4v) is 1.59. The Labute approximate surface area is 109 Å². The maximum Gasteiger partial charge on any atom is 0.321 e. The number of hydrogen-bond acceptors (Lipinski definition) is 5. The van der Waals surface area contributed by atoms with Gasteiger partial charge in [0.2, 0.25) is 0 Å². The van der Waals surface area contributed by atoms with Gasteiger partial charge >= 0.3 is 6.03 Å². The topological polar surface area (TPSA) is 100 Å². The van der Waals surface area contributed by atoms with Gasteiger partial charge in [-0.2, -0.15) is 0 Å². The van der Waals surface area contributed by atoms with Gasteiger partial charge < -0.3 is 15.2 Å². The van der Waals surface area contributed by atoms with Gasteiger partial charge in [0.25, 0.3) is 5.91 Å². The van der Waals surface area contributed by atoms with E-state index in [0.29, 0.717) is 11.3 Å². The summed E-state index contributed by atoms with van der Waals surface area (Å²) < 4.78 is 4.96. The number of nitrogens with one attached hydrogen (secondary N) is 2. The number of ether oxygens (including phenoxy) is 1. The van der Waals surface area contributed by atoms with Crippen molar-refractivity contribution in [1.29, 1.82) is 0 Å². The molecule has 100 valence electrons. The smallest absolute Gasteiger partial charge is 0.321 e. The van der Waals surface area contributed by atoms with Crippen LogP contribution in [-0.4, -0.2) is 43.0 Å². The molecule has 0 bridgehead atoms. The zero-order valence-corrected chi connectivity index (χ0v) is 10.2. The summed E-state index contributed by atoms with van der Waals surface area (Å²) in [7, 11) is 1.44. The first-order chi connectivity index (χ1) is 9.10. The molecule has 7 nitrogen and oxygen atoms in total. The number of amides is 3. The van der Waals surface area contributed by atoms with Crippen LogP contribution in [0.3, 0.4) is 0 Å². The highest BCUT2D eigenvalue weighted by Gasteiger charge is 2.24. The summed E-state index contributed by atoms with van der Waals surface area (Å²) in [6, 6.07) is 3.54. The van der Waals surface area contributed by atoms with E-state index in [1.54, 1.807) is 12.1 Å². The largest absolute Gasteiger partial charge is 0.504 e. The average Bonchev–Trinajstić information content (AvgIpc) is 2.39. The summed E-state index contributed by atoms with van der Waals surface area (Å²) in [5.74, 6) is -0.0848. The van der Waals surface area contributed by atoms with E-state index >= 15 is 0 Å². The Kier molecular flexibility index (Phi) is 3.65. The molecular formula is C12H13N3O4. The lowest BCUT2D eigenvalue weighted by Crippen LogP contribution is -2.54. The molecule has 0 aliphatic carbocycles. The molecule has 0 radical (unpaired) electrons. The van der Waals surface area contributed by atoms with Crippen molar-refractivity contribution in [2.24, 2.45) is 4.99 Å². The summed E-state index contributed by atoms with van der Waals surface area (Å²) in [6.07, 6.45) is 1.49. The third-order valence-corrected chi connectivity index (χ3v) is 2.60. The summed E-state index contributed by atoms with van der Waals surface area (Å²) in [6.45, 7) is 0.163. The molecule has 3 amide bonds. The number of methoxy groups -OCH3 is 1. The zero-order chi connectivity index (χ0) is 13.8. The summed E-state index contributed by atoms with van der Waals surface area (Å²) in [4.78, 5) is 26.4. The number of phenols is 1. The van der Waals surface area contributed by atoms with Gasteiger partial charge in [0.05, 0.1) is 13.7 Å². The number of imide groups is 1. The fourth-order valence-electron chi connectivity index (χ4n) is 1.59. The van der Waals surface area contributed by atoms with E-state index in [1.807, 2.05) is 0 Å². The Morgan fingerprint density at radius 2 is 2.26 bits per heavy atom. The van der Waals surface area contributed by atoms with Crippen LogP contribution in [0.15, 0.2) is 23.2 Å². The number of hydrogen-bond donors (Lipinski definition) is 3. The molecule has 1 unspecified atom stereocenters. The van der Waals surface area contributed by atoms with Crippen LogP contribution in [0.2, 0.25) is 0 Å². The van der Waals surface area contributed by atoms with Gasteiger partial charge in [0.15, 0.2) is 11.5 Å². The van der Waals surface area contributed by atoms with Gasteiger partial charge in [0, 0.05) is 6.21 Å². The quantitative estimate of drug-likeness (QED) is 0.670. The lowest BCUT2D eigenvalue weighted by Gasteiger charge is -2.18. The van der Waals surface area contributed by atoms with Crippen molar-refractivity contribution in [3.8, 4) is 11.5 Å². The lowest BCUT2D eigenvalue weighted by atomic mass is 10.2. The van der Waals surface area contributed by atoms with Gasteiger partial charge in [-0.15, -0.1) is 0 Å². The van der Waals surface area contributed by atoms with Crippen molar-refractivity contribution >= 4 is 18.2 Å². The highest BCUT2D eigenvalue weighted by atomic mass is 16.5. The Balaban J connectivity index is 2.10. The van der Waals surface area contributed by atoms with Gasteiger partial charge in [-0.3, -0.25) is 15.1 Å². The molecule has 0 saturated carbocycles. The second-order valence-electron chi connectivity index (χ2n) is 3.92. The molecule has 1 aliphatic rings. The van der Waals surface area contributed by atoms with E-state index in [0.717, 1.165) is 0 Å². The number of urea groups is 1. The van der Waals surface area contributed by atoms with Crippen molar-refractivity contribution in [3.63, 3.8) is 0 Å². The molecule has 3 N–H and O–H groups in total. The summed E-state index contributed by atoms with van der Waals surface area (Å²) >= 11 is 0. The minimum atomic E-state index is -0.655. The maximum atomic E-state index is 11.5. The molecule has 19 heavy (non-hydrogen) atoms. The average molecular weight is 263 g/mol. The number of aromatic hydroxyl groups is 1. The number of carbonyl (C=O) groups excluding carboxylic acids is 2. The molecule has 1 aliphatic heterocycles.